The lowest BCUT2D eigenvalue weighted by molar-refractivity contribution is -0.142. The SMILES string of the molecule is O=C(O)COCCNC(=O)NCc1ccc(Br)s1. The normalized spacial score (nSPS) is 10.1. The number of amides is 2. The Kier molecular flexibility index (Phi) is 6.69. The Labute approximate surface area is 116 Å². The van der Waals surface area contributed by atoms with Gasteiger partial charge in [-0.05, 0) is 28.1 Å². The minimum atomic E-state index is -1.03. The Morgan fingerprint density at radius 1 is 1.39 bits per heavy atom. The van der Waals surface area contributed by atoms with Gasteiger partial charge in [0, 0.05) is 11.4 Å². The second kappa shape index (κ2) is 8.06. The minimum absolute atomic E-state index is 0.171. The molecule has 0 aromatic carbocycles. The smallest absolute Gasteiger partial charge is 0.329 e. The van der Waals surface area contributed by atoms with Gasteiger partial charge in [-0.25, -0.2) is 9.59 Å². The van der Waals surface area contributed by atoms with Crippen LogP contribution >= 0.6 is 27.3 Å². The zero-order valence-corrected chi connectivity index (χ0v) is 11.8. The molecule has 0 saturated carbocycles. The molecule has 0 radical (unpaired) electrons. The van der Waals surface area contributed by atoms with Gasteiger partial charge in [0.15, 0.2) is 0 Å². The van der Waals surface area contributed by atoms with Gasteiger partial charge in [0.05, 0.1) is 16.9 Å². The predicted molar refractivity (Wildman–Crippen MR) is 70.7 cm³/mol. The van der Waals surface area contributed by atoms with Crippen LogP contribution in [0.1, 0.15) is 4.88 Å². The third kappa shape index (κ3) is 6.58. The Morgan fingerprint density at radius 3 is 2.78 bits per heavy atom. The summed E-state index contributed by atoms with van der Waals surface area (Å²) < 4.78 is 5.78. The largest absolute Gasteiger partial charge is 0.480 e. The quantitative estimate of drug-likeness (QED) is 0.657. The van der Waals surface area contributed by atoms with E-state index in [0.717, 1.165) is 8.66 Å². The first-order valence-electron chi connectivity index (χ1n) is 5.13. The highest BCUT2D eigenvalue weighted by Gasteiger charge is 2.02. The van der Waals surface area contributed by atoms with E-state index in [1.54, 1.807) is 11.3 Å². The van der Waals surface area contributed by atoms with Gasteiger partial charge in [-0.3, -0.25) is 0 Å². The first-order valence-corrected chi connectivity index (χ1v) is 6.74. The molecule has 2 amide bonds. The molecule has 0 aliphatic rings. The fourth-order valence-corrected chi connectivity index (χ4v) is 2.50. The maximum atomic E-state index is 11.3. The van der Waals surface area contributed by atoms with Crippen LogP contribution in [0.2, 0.25) is 0 Å². The van der Waals surface area contributed by atoms with Crippen molar-refractivity contribution >= 4 is 39.3 Å². The van der Waals surface area contributed by atoms with Crippen LogP contribution in [0.25, 0.3) is 0 Å². The third-order valence-corrected chi connectivity index (χ3v) is 3.43. The van der Waals surface area contributed by atoms with Crippen molar-refractivity contribution < 1.29 is 19.4 Å². The van der Waals surface area contributed by atoms with Crippen molar-refractivity contribution in [2.24, 2.45) is 0 Å². The fourth-order valence-electron chi connectivity index (χ4n) is 1.07. The number of hydrogen-bond donors (Lipinski definition) is 3. The van der Waals surface area contributed by atoms with Crippen molar-refractivity contribution in [3.05, 3.63) is 20.8 Å². The van der Waals surface area contributed by atoms with Gasteiger partial charge in [0.25, 0.3) is 0 Å². The molecule has 18 heavy (non-hydrogen) atoms. The third-order valence-electron chi connectivity index (χ3n) is 1.81. The molecular weight excluding hydrogens is 324 g/mol. The maximum absolute atomic E-state index is 11.3. The zero-order chi connectivity index (χ0) is 13.4. The Morgan fingerprint density at radius 2 is 2.17 bits per heavy atom. The monoisotopic (exact) mass is 336 g/mol. The number of carboxylic acid groups (broad SMARTS) is 1. The van der Waals surface area contributed by atoms with Crippen molar-refractivity contribution in [2.75, 3.05) is 19.8 Å². The molecule has 1 aromatic rings. The van der Waals surface area contributed by atoms with Crippen LogP contribution in [0, 0.1) is 0 Å². The van der Waals surface area contributed by atoms with Crippen LogP contribution in [0.5, 0.6) is 0 Å². The van der Waals surface area contributed by atoms with Crippen LogP contribution in [0.4, 0.5) is 4.79 Å². The Bertz CT molecular complexity index is 410. The Balaban J connectivity index is 2.05. The number of carbonyl (C=O) groups is 2. The summed E-state index contributed by atoms with van der Waals surface area (Å²) in [4.78, 5) is 22.5. The molecule has 1 rings (SSSR count). The lowest BCUT2D eigenvalue weighted by Crippen LogP contribution is -2.36. The van der Waals surface area contributed by atoms with Gasteiger partial charge in [0.1, 0.15) is 6.61 Å². The van der Waals surface area contributed by atoms with E-state index in [1.807, 2.05) is 12.1 Å². The average molecular weight is 337 g/mol. The maximum Gasteiger partial charge on any atom is 0.329 e. The van der Waals surface area contributed by atoms with E-state index >= 15 is 0 Å². The molecule has 1 heterocycles. The zero-order valence-electron chi connectivity index (χ0n) is 9.44. The topological polar surface area (TPSA) is 87.7 Å². The van der Waals surface area contributed by atoms with E-state index in [0.29, 0.717) is 6.54 Å². The van der Waals surface area contributed by atoms with Crippen molar-refractivity contribution in [3.8, 4) is 0 Å². The molecule has 3 N–H and O–H groups in total. The molecule has 0 aliphatic heterocycles. The summed E-state index contributed by atoms with van der Waals surface area (Å²) in [6, 6.07) is 3.53. The number of halogens is 1. The highest BCUT2D eigenvalue weighted by Crippen LogP contribution is 2.21. The lowest BCUT2D eigenvalue weighted by atomic mass is 10.5. The number of aliphatic carboxylic acids is 1. The summed E-state index contributed by atoms with van der Waals surface area (Å²) in [6.07, 6.45) is 0. The second-order valence-corrected chi connectivity index (χ2v) is 5.81. The van der Waals surface area contributed by atoms with Gasteiger partial charge in [-0.1, -0.05) is 0 Å². The molecule has 0 fully saturated rings. The number of rotatable bonds is 7. The van der Waals surface area contributed by atoms with E-state index < -0.39 is 5.97 Å². The number of hydrogen-bond acceptors (Lipinski definition) is 4. The van der Waals surface area contributed by atoms with Crippen LogP contribution in [0.3, 0.4) is 0 Å². The number of thiophene rings is 1. The van der Waals surface area contributed by atoms with Gasteiger partial charge >= 0.3 is 12.0 Å². The van der Waals surface area contributed by atoms with Gasteiger partial charge in [-0.2, -0.15) is 0 Å². The number of urea groups is 1. The molecule has 8 heteroatoms. The van der Waals surface area contributed by atoms with Crippen LogP contribution in [-0.4, -0.2) is 36.9 Å². The van der Waals surface area contributed by atoms with Gasteiger partial charge in [-0.15, -0.1) is 11.3 Å². The fraction of sp³-hybridized carbons (Fsp3) is 0.400. The number of carboxylic acids is 1. The number of nitrogens with one attached hydrogen (secondary N) is 2. The summed E-state index contributed by atoms with van der Waals surface area (Å²) >= 11 is 4.88. The number of carbonyl (C=O) groups excluding carboxylic acids is 1. The number of ether oxygens (including phenoxy) is 1. The molecule has 0 saturated heterocycles. The van der Waals surface area contributed by atoms with Gasteiger partial charge < -0.3 is 20.5 Å². The minimum Gasteiger partial charge on any atom is -0.480 e. The van der Waals surface area contributed by atoms with E-state index in [9.17, 15) is 9.59 Å². The summed E-state index contributed by atoms with van der Waals surface area (Å²) in [7, 11) is 0. The summed E-state index contributed by atoms with van der Waals surface area (Å²) in [5, 5.41) is 13.5. The Hall–Kier alpha value is -1.12. The van der Waals surface area contributed by atoms with E-state index in [1.165, 1.54) is 0 Å². The first kappa shape index (κ1) is 14.9. The highest BCUT2D eigenvalue weighted by molar-refractivity contribution is 9.11. The molecule has 0 aliphatic carbocycles. The van der Waals surface area contributed by atoms with Gasteiger partial charge in [0.2, 0.25) is 0 Å². The molecule has 1 aromatic heterocycles. The predicted octanol–water partition coefficient (Wildman–Crippen LogP) is 1.41. The molecule has 0 atom stereocenters. The molecule has 0 bridgehead atoms. The van der Waals surface area contributed by atoms with Crippen LogP contribution in [0.15, 0.2) is 15.9 Å². The summed E-state index contributed by atoms with van der Waals surface area (Å²) in [6.45, 7) is 0.544. The van der Waals surface area contributed by atoms with E-state index in [4.69, 9.17) is 9.84 Å². The molecule has 0 unspecified atom stereocenters. The standard InChI is InChI=1S/C10H13BrN2O4S/c11-8-2-1-7(18-8)5-13-10(16)12-3-4-17-6-9(14)15/h1-2H,3-6H2,(H,14,15)(H2,12,13,16). The van der Waals surface area contributed by atoms with E-state index in [-0.39, 0.29) is 25.8 Å². The van der Waals surface area contributed by atoms with Crippen LogP contribution < -0.4 is 10.6 Å². The molecule has 100 valence electrons. The average Bonchev–Trinajstić information content (AvgIpc) is 2.71. The lowest BCUT2D eigenvalue weighted by Gasteiger charge is -2.06. The van der Waals surface area contributed by atoms with Crippen molar-refractivity contribution in [1.82, 2.24) is 10.6 Å². The van der Waals surface area contributed by atoms with E-state index in [2.05, 4.69) is 26.6 Å². The first-order chi connectivity index (χ1) is 8.58. The van der Waals surface area contributed by atoms with Crippen molar-refractivity contribution in [3.63, 3.8) is 0 Å². The van der Waals surface area contributed by atoms with Crippen molar-refractivity contribution in [2.45, 2.75) is 6.54 Å². The summed E-state index contributed by atoms with van der Waals surface area (Å²) in [5.74, 6) is -1.03. The highest BCUT2D eigenvalue weighted by atomic mass is 79.9. The van der Waals surface area contributed by atoms with Crippen molar-refractivity contribution in [1.29, 1.82) is 0 Å². The second-order valence-electron chi connectivity index (χ2n) is 3.26. The molecule has 0 spiro atoms. The molecule has 6 nitrogen and oxygen atoms in total. The summed E-state index contributed by atoms with van der Waals surface area (Å²) in [5.41, 5.74) is 0. The van der Waals surface area contributed by atoms with Crippen LogP contribution in [-0.2, 0) is 16.1 Å². The molecular formula is C10H13BrN2O4S.